The van der Waals surface area contributed by atoms with Crippen molar-refractivity contribution in [1.29, 1.82) is 0 Å². The van der Waals surface area contributed by atoms with E-state index < -0.39 is 11.7 Å². The van der Waals surface area contributed by atoms with Crippen LogP contribution in [0.15, 0.2) is 65.5 Å². The molecule has 6 heteroatoms. The van der Waals surface area contributed by atoms with Crippen LogP contribution in [0.25, 0.3) is 27.9 Å². The van der Waals surface area contributed by atoms with Gasteiger partial charge in [-0.05, 0) is 24.3 Å². The Morgan fingerprint density at radius 3 is 2.65 bits per heavy atom. The van der Waals surface area contributed by atoms with Gasteiger partial charge in [0.15, 0.2) is 0 Å². The van der Waals surface area contributed by atoms with E-state index in [2.05, 4.69) is 31.2 Å². The summed E-state index contributed by atoms with van der Waals surface area (Å²) in [5, 5.41) is 4.31. The molecule has 3 N–H and O–H groups in total. The Balaban J connectivity index is 1.51. The first-order valence-corrected chi connectivity index (χ1v) is 8.77. The lowest BCUT2D eigenvalue weighted by Crippen LogP contribution is -2.26. The van der Waals surface area contributed by atoms with Gasteiger partial charge in [0.25, 0.3) is 11.7 Å². The number of para-hydroxylation sites is 1. The van der Waals surface area contributed by atoms with E-state index in [0.29, 0.717) is 5.56 Å². The summed E-state index contributed by atoms with van der Waals surface area (Å²) in [5.74, 6) is -1.25. The molecule has 0 atom stereocenters. The first-order chi connectivity index (χ1) is 12.6. The summed E-state index contributed by atoms with van der Waals surface area (Å²) in [5.41, 5.74) is 3.10. The van der Waals surface area contributed by atoms with E-state index >= 15 is 0 Å². The van der Waals surface area contributed by atoms with E-state index in [4.69, 9.17) is 0 Å². The second kappa shape index (κ2) is 6.65. The SMILES string of the molecule is O=C(N/C=C/c1c[nH]c2cc(Br)ccc12)C(=O)c1c[nH]c2ccccc12. The molecule has 0 fully saturated rings. The fourth-order valence-corrected chi connectivity index (χ4v) is 3.27. The number of benzene rings is 2. The summed E-state index contributed by atoms with van der Waals surface area (Å²) < 4.78 is 0.986. The zero-order chi connectivity index (χ0) is 18.1. The number of aromatic nitrogens is 2. The summed E-state index contributed by atoms with van der Waals surface area (Å²) in [6, 6.07) is 13.3. The smallest absolute Gasteiger partial charge is 0.296 e. The highest BCUT2D eigenvalue weighted by molar-refractivity contribution is 9.10. The van der Waals surface area contributed by atoms with Crippen LogP contribution < -0.4 is 5.32 Å². The molecule has 1 amide bonds. The molecule has 5 nitrogen and oxygen atoms in total. The third kappa shape index (κ3) is 2.95. The molecule has 0 bridgehead atoms. The van der Waals surface area contributed by atoms with Crippen LogP contribution >= 0.6 is 15.9 Å². The van der Waals surface area contributed by atoms with Crippen LogP contribution in [0.5, 0.6) is 0 Å². The van der Waals surface area contributed by atoms with Gasteiger partial charge in [0.1, 0.15) is 0 Å². The van der Waals surface area contributed by atoms with Crippen LogP contribution in [0.3, 0.4) is 0 Å². The molecule has 0 spiro atoms. The second-order valence-electron chi connectivity index (χ2n) is 5.82. The molecule has 0 saturated carbocycles. The predicted molar refractivity (Wildman–Crippen MR) is 106 cm³/mol. The highest BCUT2D eigenvalue weighted by atomic mass is 79.9. The lowest BCUT2D eigenvalue weighted by molar-refractivity contribution is -0.116. The molecule has 0 aliphatic heterocycles. The van der Waals surface area contributed by atoms with Crippen molar-refractivity contribution < 1.29 is 9.59 Å². The normalized spacial score (nSPS) is 11.4. The van der Waals surface area contributed by atoms with Crippen LogP contribution in [0.4, 0.5) is 0 Å². The van der Waals surface area contributed by atoms with Gasteiger partial charge in [-0.1, -0.05) is 40.2 Å². The minimum Gasteiger partial charge on any atom is -0.361 e. The largest absolute Gasteiger partial charge is 0.361 e. The van der Waals surface area contributed by atoms with Crippen LogP contribution in [-0.2, 0) is 4.79 Å². The maximum Gasteiger partial charge on any atom is 0.296 e. The zero-order valence-corrected chi connectivity index (χ0v) is 15.1. The van der Waals surface area contributed by atoms with Gasteiger partial charge in [0.2, 0.25) is 0 Å². The summed E-state index contributed by atoms with van der Waals surface area (Å²) in [7, 11) is 0. The van der Waals surface area contributed by atoms with Crippen molar-refractivity contribution in [1.82, 2.24) is 15.3 Å². The molecule has 0 unspecified atom stereocenters. The number of hydrogen-bond acceptors (Lipinski definition) is 2. The number of hydrogen-bond donors (Lipinski definition) is 3. The molecule has 2 aromatic carbocycles. The van der Waals surface area contributed by atoms with Crippen molar-refractivity contribution in [3.63, 3.8) is 0 Å². The first-order valence-electron chi connectivity index (χ1n) is 7.98. The third-order valence-corrected chi connectivity index (χ3v) is 4.69. The second-order valence-corrected chi connectivity index (χ2v) is 6.73. The van der Waals surface area contributed by atoms with Crippen LogP contribution in [0.1, 0.15) is 15.9 Å². The van der Waals surface area contributed by atoms with Gasteiger partial charge < -0.3 is 15.3 Å². The molecule has 4 aromatic rings. The number of fused-ring (bicyclic) bond motifs is 2. The molecule has 2 heterocycles. The topological polar surface area (TPSA) is 77.8 Å². The average molecular weight is 408 g/mol. The molecule has 0 aliphatic carbocycles. The molecule has 0 aliphatic rings. The van der Waals surface area contributed by atoms with Gasteiger partial charge in [0, 0.05) is 50.4 Å². The number of ketones is 1. The lowest BCUT2D eigenvalue weighted by atomic mass is 10.1. The fraction of sp³-hybridized carbons (Fsp3) is 0. The molecule has 0 saturated heterocycles. The number of rotatable bonds is 4. The van der Waals surface area contributed by atoms with Crippen molar-refractivity contribution in [3.05, 3.63) is 76.7 Å². The summed E-state index contributed by atoms with van der Waals surface area (Å²) >= 11 is 3.43. The van der Waals surface area contributed by atoms with Crippen LogP contribution in [0, 0.1) is 0 Å². The summed E-state index contributed by atoms with van der Waals surface area (Å²) in [4.78, 5) is 30.7. The van der Waals surface area contributed by atoms with Crippen molar-refractivity contribution in [2.75, 3.05) is 0 Å². The Bertz CT molecular complexity index is 1170. The quantitative estimate of drug-likeness (QED) is 0.346. The third-order valence-electron chi connectivity index (χ3n) is 4.19. The van der Waals surface area contributed by atoms with Gasteiger partial charge in [-0.3, -0.25) is 9.59 Å². The number of nitrogens with one attached hydrogen (secondary N) is 3. The van der Waals surface area contributed by atoms with Gasteiger partial charge in [-0.15, -0.1) is 0 Å². The number of aromatic amines is 2. The number of H-pyrrole nitrogens is 2. The Morgan fingerprint density at radius 1 is 0.962 bits per heavy atom. The molecule has 4 rings (SSSR count). The minimum absolute atomic E-state index is 0.364. The predicted octanol–water partition coefficient (Wildman–Crippen LogP) is 4.38. The monoisotopic (exact) mass is 407 g/mol. The standard InChI is InChI=1S/C20H14BrN3O2/c21-13-5-6-14-12(10-23-18(14)9-13)7-8-22-20(26)19(25)16-11-24-17-4-2-1-3-15(16)17/h1-11,23-24H,(H,22,26)/b8-7+. The maximum atomic E-state index is 12.4. The van der Waals surface area contributed by atoms with Crippen LogP contribution in [0.2, 0.25) is 0 Å². The summed E-state index contributed by atoms with van der Waals surface area (Å²) in [6.07, 6.45) is 6.65. The minimum atomic E-state index is -0.673. The maximum absolute atomic E-state index is 12.4. The molecular weight excluding hydrogens is 394 g/mol. The lowest BCUT2D eigenvalue weighted by Gasteiger charge is -1.99. The van der Waals surface area contributed by atoms with E-state index in [1.807, 2.05) is 48.7 Å². The Morgan fingerprint density at radius 2 is 1.77 bits per heavy atom. The van der Waals surface area contributed by atoms with Crippen molar-refractivity contribution >= 4 is 55.5 Å². The van der Waals surface area contributed by atoms with E-state index in [1.54, 1.807) is 12.3 Å². The van der Waals surface area contributed by atoms with E-state index in [-0.39, 0.29) is 0 Å². The zero-order valence-electron chi connectivity index (χ0n) is 13.5. The van der Waals surface area contributed by atoms with Crippen molar-refractivity contribution in [2.24, 2.45) is 0 Å². The molecule has 26 heavy (non-hydrogen) atoms. The van der Waals surface area contributed by atoms with Crippen molar-refractivity contribution in [3.8, 4) is 0 Å². The van der Waals surface area contributed by atoms with Crippen molar-refractivity contribution in [2.45, 2.75) is 0 Å². The first kappa shape index (κ1) is 16.4. The Hall–Kier alpha value is -3.12. The number of carbonyl (C=O) groups excluding carboxylic acids is 2. The van der Waals surface area contributed by atoms with Gasteiger partial charge >= 0.3 is 0 Å². The molecular formula is C20H14BrN3O2. The molecule has 0 radical (unpaired) electrons. The Kier molecular flexibility index (Phi) is 4.18. The number of Topliss-reactive ketones (excluding diaryl/α,β-unsaturated/α-hetero) is 1. The Labute approximate surface area is 157 Å². The summed E-state index contributed by atoms with van der Waals surface area (Å²) in [6.45, 7) is 0. The highest BCUT2D eigenvalue weighted by Crippen LogP contribution is 2.23. The molecule has 2 aromatic heterocycles. The molecule has 128 valence electrons. The van der Waals surface area contributed by atoms with Gasteiger partial charge in [-0.2, -0.15) is 0 Å². The van der Waals surface area contributed by atoms with Gasteiger partial charge in [0.05, 0.1) is 5.56 Å². The number of halogens is 1. The van der Waals surface area contributed by atoms with Crippen LogP contribution in [-0.4, -0.2) is 21.7 Å². The van der Waals surface area contributed by atoms with Gasteiger partial charge in [-0.25, -0.2) is 0 Å². The fourth-order valence-electron chi connectivity index (χ4n) is 2.91. The van der Waals surface area contributed by atoms with E-state index in [0.717, 1.165) is 31.8 Å². The average Bonchev–Trinajstić information content (AvgIpc) is 3.25. The van der Waals surface area contributed by atoms with E-state index in [9.17, 15) is 9.59 Å². The highest BCUT2D eigenvalue weighted by Gasteiger charge is 2.18. The number of carbonyl (C=O) groups is 2. The number of amides is 1. The van der Waals surface area contributed by atoms with E-state index in [1.165, 1.54) is 6.20 Å².